The van der Waals surface area contributed by atoms with Crippen LogP contribution in [0.1, 0.15) is 31.1 Å². The third-order valence-corrected chi connectivity index (χ3v) is 2.54. The van der Waals surface area contributed by atoms with Crippen molar-refractivity contribution in [3.05, 3.63) is 45.6 Å². The number of carbonyl (C=O) groups excluding carboxylic acids is 1. The van der Waals surface area contributed by atoms with Gasteiger partial charge >= 0.3 is 0 Å². The van der Waals surface area contributed by atoms with Crippen LogP contribution in [0.25, 0.3) is 0 Å². The number of aliphatic hydroxyl groups is 1. The highest BCUT2D eigenvalue weighted by molar-refractivity contribution is 9.10. The predicted molar refractivity (Wildman–Crippen MR) is 73.8 cm³/mol. The standard InChI is InChI=1S/C11H12BrNO2.C2H6/c1-7(13)10(6-14)11(15)8-2-4-9(12)5-3-8;1-2/h2-5,14H,6,13H2,1H3;1-2H3/b10-7-;. The second kappa shape index (κ2) is 8.03. The Morgan fingerprint density at radius 2 is 1.76 bits per heavy atom. The number of nitrogens with two attached hydrogens (primary N) is 1. The van der Waals surface area contributed by atoms with Crippen molar-refractivity contribution in [3.8, 4) is 0 Å². The van der Waals surface area contributed by atoms with E-state index in [0.717, 1.165) is 4.47 Å². The monoisotopic (exact) mass is 299 g/mol. The Hall–Kier alpha value is -1.13. The van der Waals surface area contributed by atoms with Crippen LogP contribution in [-0.2, 0) is 0 Å². The van der Waals surface area contributed by atoms with Crippen molar-refractivity contribution < 1.29 is 9.90 Å². The van der Waals surface area contributed by atoms with Crippen LogP contribution >= 0.6 is 15.9 Å². The smallest absolute Gasteiger partial charge is 0.193 e. The highest BCUT2D eigenvalue weighted by Gasteiger charge is 2.12. The molecule has 0 aromatic heterocycles. The number of allylic oxidation sites excluding steroid dienone is 1. The maximum atomic E-state index is 11.8. The SMILES string of the molecule is C/C(N)=C(\CO)C(=O)c1ccc(Br)cc1.CC. The van der Waals surface area contributed by atoms with E-state index in [9.17, 15) is 4.79 Å². The molecule has 0 radical (unpaired) electrons. The van der Waals surface area contributed by atoms with Crippen LogP contribution in [0.2, 0.25) is 0 Å². The van der Waals surface area contributed by atoms with E-state index in [2.05, 4.69) is 15.9 Å². The summed E-state index contributed by atoms with van der Waals surface area (Å²) < 4.78 is 0.901. The van der Waals surface area contributed by atoms with Crippen molar-refractivity contribution >= 4 is 21.7 Å². The summed E-state index contributed by atoms with van der Waals surface area (Å²) in [7, 11) is 0. The predicted octanol–water partition coefficient (Wildman–Crippen LogP) is 2.88. The van der Waals surface area contributed by atoms with E-state index in [1.54, 1.807) is 31.2 Å². The van der Waals surface area contributed by atoms with Gasteiger partial charge in [0.2, 0.25) is 0 Å². The molecule has 3 N–H and O–H groups in total. The molecule has 4 heteroatoms. The zero-order valence-electron chi connectivity index (χ0n) is 10.3. The molecule has 1 aromatic rings. The number of aliphatic hydroxyl groups excluding tert-OH is 1. The number of hydrogen-bond acceptors (Lipinski definition) is 3. The van der Waals surface area contributed by atoms with E-state index >= 15 is 0 Å². The Labute approximate surface area is 110 Å². The molecule has 0 bridgehead atoms. The van der Waals surface area contributed by atoms with Gasteiger partial charge in [0, 0.05) is 21.3 Å². The Morgan fingerprint density at radius 3 is 2.12 bits per heavy atom. The van der Waals surface area contributed by atoms with Gasteiger partial charge in [-0.15, -0.1) is 0 Å². The van der Waals surface area contributed by atoms with Gasteiger partial charge < -0.3 is 10.8 Å². The molecule has 0 heterocycles. The summed E-state index contributed by atoms with van der Waals surface area (Å²) >= 11 is 3.28. The number of Topliss-reactive ketones (excluding diaryl/α,β-unsaturated/α-hetero) is 1. The molecule has 3 nitrogen and oxygen atoms in total. The summed E-state index contributed by atoms with van der Waals surface area (Å²) in [6.07, 6.45) is 0. The van der Waals surface area contributed by atoms with Crippen LogP contribution in [0.4, 0.5) is 0 Å². The Kier molecular flexibility index (Phi) is 7.50. The molecule has 0 aliphatic carbocycles. The van der Waals surface area contributed by atoms with E-state index in [0.29, 0.717) is 11.3 Å². The molecule has 0 amide bonds. The van der Waals surface area contributed by atoms with Crippen LogP contribution in [0.3, 0.4) is 0 Å². The lowest BCUT2D eigenvalue weighted by Gasteiger charge is -2.05. The second-order valence-corrected chi connectivity index (χ2v) is 4.07. The number of ketones is 1. The lowest BCUT2D eigenvalue weighted by molar-refractivity contribution is 0.101. The second-order valence-electron chi connectivity index (χ2n) is 3.16. The number of rotatable bonds is 3. The van der Waals surface area contributed by atoms with Gasteiger partial charge in [-0.25, -0.2) is 0 Å². The van der Waals surface area contributed by atoms with Gasteiger partial charge in [0.1, 0.15) is 0 Å². The third-order valence-electron chi connectivity index (χ3n) is 2.01. The quantitative estimate of drug-likeness (QED) is 0.666. The topological polar surface area (TPSA) is 63.3 Å². The molecule has 0 saturated heterocycles. The lowest BCUT2D eigenvalue weighted by Crippen LogP contribution is -2.12. The summed E-state index contributed by atoms with van der Waals surface area (Å²) in [5, 5.41) is 9.01. The van der Waals surface area contributed by atoms with Crippen molar-refractivity contribution in [2.75, 3.05) is 6.61 Å². The summed E-state index contributed by atoms with van der Waals surface area (Å²) in [6, 6.07) is 6.91. The highest BCUT2D eigenvalue weighted by atomic mass is 79.9. The van der Waals surface area contributed by atoms with Gasteiger partial charge in [-0.3, -0.25) is 4.79 Å². The van der Waals surface area contributed by atoms with Crippen molar-refractivity contribution in [2.24, 2.45) is 5.73 Å². The Bertz CT molecular complexity index is 392. The van der Waals surface area contributed by atoms with Gasteiger partial charge in [0.15, 0.2) is 5.78 Å². The van der Waals surface area contributed by atoms with Crippen molar-refractivity contribution in [1.29, 1.82) is 0 Å². The average Bonchev–Trinajstić information content (AvgIpc) is 2.32. The molecule has 17 heavy (non-hydrogen) atoms. The van der Waals surface area contributed by atoms with Crippen molar-refractivity contribution in [2.45, 2.75) is 20.8 Å². The van der Waals surface area contributed by atoms with Crippen LogP contribution in [0.5, 0.6) is 0 Å². The molecule has 0 aliphatic heterocycles. The molecule has 0 fully saturated rings. The van der Waals surface area contributed by atoms with E-state index in [4.69, 9.17) is 10.8 Å². The first-order valence-electron chi connectivity index (χ1n) is 5.42. The molecule has 0 spiro atoms. The normalized spacial score (nSPS) is 11.1. The fourth-order valence-corrected chi connectivity index (χ4v) is 1.42. The van der Waals surface area contributed by atoms with Crippen LogP contribution < -0.4 is 5.73 Å². The molecular weight excluding hydrogens is 282 g/mol. The lowest BCUT2D eigenvalue weighted by atomic mass is 10.0. The molecule has 94 valence electrons. The van der Waals surface area contributed by atoms with Gasteiger partial charge in [0.05, 0.1) is 6.61 Å². The van der Waals surface area contributed by atoms with Gasteiger partial charge in [-0.05, 0) is 31.2 Å². The first kappa shape index (κ1) is 15.9. The summed E-state index contributed by atoms with van der Waals surface area (Å²) in [6.45, 7) is 5.26. The first-order chi connectivity index (χ1) is 8.06. The molecular formula is C13H18BrNO2. The Morgan fingerprint density at radius 1 is 1.29 bits per heavy atom. The molecule has 1 aromatic carbocycles. The number of carbonyl (C=O) groups is 1. The zero-order valence-corrected chi connectivity index (χ0v) is 11.9. The molecule has 0 atom stereocenters. The van der Waals surface area contributed by atoms with Crippen LogP contribution in [0, 0.1) is 0 Å². The Balaban J connectivity index is 0.00000121. The largest absolute Gasteiger partial charge is 0.402 e. The number of benzene rings is 1. The van der Waals surface area contributed by atoms with Crippen molar-refractivity contribution in [1.82, 2.24) is 0 Å². The van der Waals surface area contributed by atoms with Crippen LogP contribution in [-0.4, -0.2) is 17.5 Å². The maximum absolute atomic E-state index is 11.8. The fraction of sp³-hybridized carbons (Fsp3) is 0.308. The van der Waals surface area contributed by atoms with Crippen LogP contribution in [0.15, 0.2) is 40.0 Å². The molecule has 1 rings (SSSR count). The number of halogens is 1. The van der Waals surface area contributed by atoms with Gasteiger partial charge in [-0.2, -0.15) is 0 Å². The fourth-order valence-electron chi connectivity index (χ4n) is 1.15. The maximum Gasteiger partial charge on any atom is 0.193 e. The third kappa shape index (κ3) is 4.71. The average molecular weight is 300 g/mol. The summed E-state index contributed by atoms with van der Waals surface area (Å²) in [5.74, 6) is -0.231. The van der Waals surface area contributed by atoms with E-state index in [1.165, 1.54) is 0 Å². The van der Waals surface area contributed by atoms with Gasteiger partial charge in [0.25, 0.3) is 0 Å². The van der Waals surface area contributed by atoms with E-state index < -0.39 is 0 Å². The minimum atomic E-state index is -0.336. The highest BCUT2D eigenvalue weighted by Crippen LogP contribution is 2.14. The summed E-state index contributed by atoms with van der Waals surface area (Å²) in [5.41, 5.74) is 6.63. The minimum absolute atomic E-state index is 0.231. The van der Waals surface area contributed by atoms with E-state index in [-0.39, 0.29) is 18.0 Å². The van der Waals surface area contributed by atoms with Crippen molar-refractivity contribution in [3.63, 3.8) is 0 Å². The number of hydrogen-bond donors (Lipinski definition) is 2. The first-order valence-corrected chi connectivity index (χ1v) is 6.22. The molecule has 0 unspecified atom stereocenters. The molecule has 0 saturated carbocycles. The van der Waals surface area contributed by atoms with Gasteiger partial charge in [-0.1, -0.05) is 29.8 Å². The molecule has 0 aliphatic rings. The van der Waals surface area contributed by atoms with E-state index in [1.807, 2.05) is 13.8 Å². The zero-order chi connectivity index (χ0) is 13.4. The summed E-state index contributed by atoms with van der Waals surface area (Å²) in [4.78, 5) is 11.8. The minimum Gasteiger partial charge on any atom is -0.402 e.